The van der Waals surface area contributed by atoms with Crippen LogP contribution in [0.3, 0.4) is 0 Å². The summed E-state index contributed by atoms with van der Waals surface area (Å²) in [5.41, 5.74) is 1.74. The summed E-state index contributed by atoms with van der Waals surface area (Å²) in [5.74, 6) is 0.0658. The lowest BCUT2D eigenvalue weighted by Crippen LogP contribution is -2.26. The topological polar surface area (TPSA) is 51.2 Å². The predicted octanol–water partition coefficient (Wildman–Crippen LogP) is 4.01. The summed E-state index contributed by atoms with van der Waals surface area (Å²) in [7, 11) is 1.61. The number of fused-ring (bicyclic) bond motifs is 1. The van der Waals surface area contributed by atoms with Crippen LogP contribution in [0.2, 0.25) is 5.15 Å². The monoisotopic (exact) mass is 358 g/mol. The molecule has 0 radical (unpaired) electrons. The van der Waals surface area contributed by atoms with Crippen LogP contribution in [-0.2, 0) is 6.42 Å². The highest BCUT2D eigenvalue weighted by atomic mass is 35.5. The fourth-order valence-electron chi connectivity index (χ4n) is 2.52. The first-order chi connectivity index (χ1) is 12.1. The van der Waals surface area contributed by atoms with Crippen molar-refractivity contribution in [1.29, 1.82) is 0 Å². The number of halogens is 2. The smallest absolute Gasteiger partial charge is 0.254 e. The van der Waals surface area contributed by atoms with Gasteiger partial charge in [0.15, 0.2) is 0 Å². The largest absolute Gasteiger partial charge is 0.497 e. The number of benzene rings is 2. The number of carbonyl (C=O) groups excluding carboxylic acids is 1. The molecule has 6 heteroatoms. The normalized spacial score (nSPS) is 10.7. The van der Waals surface area contributed by atoms with Crippen LogP contribution in [0.5, 0.6) is 5.75 Å². The van der Waals surface area contributed by atoms with Crippen LogP contribution in [0.15, 0.2) is 48.5 Å². The summed E-state index contributed by atoms with van der Waals surface area (Å²) in [6.45, 7) is 0.448. The van der Waals surface area contributed by atoms with Gasteiger partial charge < -0.3 is 10.1 Å². The maximum Gasteiger partial charge on any atom is 0.254 e. The van der Waals surface area contributed by atoms with Gasteiger partial charge in [-0.15, -0.1) is 0 Å². The standard InChI is InChI=1S/C19H16ClFN2O2/c1-25-15-4-2-3-12(9-15)7-8-22-19(24)16-10-13-5-6-14(21)11-17(13)23-18(16)20/h2-6,9-11H,7-8H2,1H3,(H,22,24). The molecule has 25 heavy (non-hydrogen) atoms. The van der Waals surface area contributed by atoms with E-state index in [0.717, 1.165) is 11.3 Å². The third-order valence-electron chi connectivity index (χ3n) is 3.81. The highest BCUT2D eigenvalue weighted by Gasteiger charge is 2.13. The maximum absolute atomic E-state index is 13.2. The molecule has 0 saturated heterocycles. The molecule has 0 saturated carbocycles. The summed E-state index contributed by atoms with van der Waals surface area (Å²) >= 11 is 6.08. The molecule has 0 spiro atoms. The van der Waals surface area contributed by atoms with Crippen LogP contribution in [0.1, 0.15) is 15.9 Å². The molecule has 3 aromatic rings. The van der Waals surface area contributed by atoms with Gasteiger partial charge in [-0.1, -0.05) is 23.7 Å². The first kappa shape index (κ1) is 17.2. The molecule has 0 aliphatic heterocycles. The average molecular weight is 359 g/mol. The molecule has 1 N–H and O–H groups in total. The van der Waals surface area contributed by atoms with Gasteiger partial charge in [0.05, 0.1) is 18.2 Å². The minimum atomic E-state index is -0.397. The van der Waals surface area contributed by atoms with Gasteiger partial charge in [0.25, 0.3) is 5.91 Å². The number of carbonyl (C=O) groups is 1. The third-order valence-corrected chi connectivity index (χ3v) is 4.10. The molecule has 0 bridgehead atoms. The predicted molar refractivity (Wildman–Crippen MR) is 95.7 cm³/mol. The zero-order valence-corrected chi connectivity index (χ0v) is 14.3. The summed E-state index contributed by atoms with van der Waals surface area (Å²) in [5, 5.41) is 3.53. The Labute approximate surface area is 149 Å². The maximum atomic E-state index is 13.2. The molecule has 0 unspecified atom stereocenters. The van der Waals surface area contributed by atoms with Crippen molar-refractivity contribution >= 4 is 28.4 Å². The number of hydrogen-bond donors (Lipinski definition) is 1. The lowest BCUT2D eigenvalue weighted by Gasteiger charge is -2.09. The second-order valence-corrected chi connectivity index (χ2v) is 5.88. The van der Waals surface area contributed by atoms with E-state index in [4.69, 9.17) is 16.3 Å². The van der Waals surface area contributed by atoms with Crippen LogP contribution in [0.25, 0.3) is 10.9 Å². The Morgan fingerprint density at radius 3 is 2.88 bits per heavy atom. The minimum Gasteiger partial charge on any atom is -0.497 e. The van der Waals surface area contributed by atoms with E-state index >= 15 is 0 Å². The number of pyridine rings is 1. The van der Waals surface area contributed by atoms with E-state index in [9.17, 15) is 9.18 Å². The number of amides is 1. The van der Waals surface area contributed by atoms with Gasteiger partial charge in [0, 0.05) is 18.0 Å². The highest BCUT2D eigenvalue weighted by Crippen LogP contribution is 2.21. The van der Waals surface area contributed by atoms with Gasteiger partial charge in [0.2, 0.25) is 0 Å². The SMILES string of the molecule is COc1cccc(CCNC(=O)c2cc3ccc(F)cc3nc2Cl)c1. The van der Waals surface area contributed by atoms with E-state index in [2.05, 4.69) is 10.3 Å². The Morgan fingerprint density at radius 2 is 2.08 bits per heavy atom. The van der Waals surface area contributed by atoms with Crippen molar-refractivity contribution in [3.8, 4) is 5.75 Å². The quantitative estimate of drug-likeness (QED) is 0.701. The van der Waals surface area contributed by atoms with E-state index in [1.165, 1.54) is 12.1 Å². The number of aromatic nitrogens is 1. The van der Waals surface area contributed by atoms with E-state index in [1.807, 2.05) is 24.3 Å². The number of hydrogen-bond acceptors (Lipinski definition) is 3. The highest BCUT2D eigenvalue weighted by molar-refractivity contribution is 6.33. The minimum absolute atomic E-state index is 0.0528. The zero-order valence-electron chi connectivity index (χ0n) is 13.6. The second-order valence-electron chi connectivity index (χ2n) is 5.52. The lowest BCUT2D eigenvalue weighted by molar-refractivity contribution is 0.0954. The van der Waals surface area contributed by atoms with E-state index in [0.29, 0.717) is 23.9 Å². The van der Waals surface area contributed by atoms with Crippen LogP contribution in [-0.4, -0.2) is 24.5 Å². The van der Waals surface area contributed by atoms with E-state index in [1.54, 1.807) is 19.2 Å². The zero-order chi connectivity index (χ0) is 17.8. The summed E-state index contributed by atoms with van der Waals surface area (Å²) in [6, 6.07) is 13.4. The molecule has 3 rings (SSSR count). The van der Waals surface area contributed by atoms with E-state index in [-0.39, 0.29) is 16.6 Å². The van der Waals surface area contributed by atoms with Gasteiger partial charge in [-0.2, -0.15) is 0 Å². The molecule has 0 fully saturated rings. The molecular formula is C19H16ClFN2O2. The average Bonchev–Trinajstić information content (AvgIpc) is 2.61. The number of nitrogens with zero attached hydrogens (tertiary/aromatic N) is 1. The first-order valence-corrected chi connectivity index (χ1v) is 8.11. The Hall–Kier alpha value is -2.66. The fourth-order valence-corrected chi connectivity index (χ4v) is 2.75. The number of nitrogens with one attached hydrogen (secondary N) is 1. The lowest BCUT2D eigenvalue weighted by atomic mass is 10.1. The molecule has 0 aliphatic rings. The van der Waals surface area contributed by atoms with Gasteiger partial charge in [0.1, 0.15) is 16.7 Å². The first-order valence-electron chi connectivity index (χ1n) is 7.74. The molecule has 1 amide bonds. The molecule has 0 atom stereocenters. The van der Waals surface area contributed by atoms with Gasteiger partial charge >= 0.3 is 0 Å². The Kier molecular flexibility index (Phi) is 5.14. The Morgan fingerprint density at radius 1 is 1.24 bits per heavy atom. The molecule has 4 nitrogen and oxygen atoms in total. The van der Waals surface area contributed by atoms with Crippen molar-refractivity contribution in [2.24, 2.45) is 0 Å². The number of methoxy groups -OCH3 is 1. The van der Waals surface area contributed by atoms with Crippen molar-refractivity contribution in [1.82, 2.24) is 10.3 Å². The Balaban J connectivity index is 1.69. The summed E-state index contributed by atoms with van der Waals surface area (Å²) in [6.07, 6.45) is 0.660. The van der Waals surface area contributed by atoms with E-state index < -0.39 is 5.82 Å². The third kappa shape index (κ3) is 4.06. The molecule has 1 aromatic heterocycles. The van der Waals surface area contributed by atoms with Gasteiger partial charge in [-0.3, -0.25) is 4.79 Å². The molecule has 0 aliphatic carbocycles. The summed E-state index contributed by atoms with van der Waals surface area (Å²) in [4.78, 5) is 16.4. The van der Waals surface area contributed by atoms with Crippen molar-refractivity contribution in [3.63, 3.8) is 0 Å². The summed E-state index contributed by atoms with van der Waals surface area (Å²) < 4.78 is 18.4. The molecule has 128 valence electrons. The van der Waals surface area contributed by atoms with Crippen molar-refractivity contribution in [3.05, 3.63) is 70.6 Å². The van der Waals surface area contributed by atoms with Crippen molar-refractivity contribution < 1.29 is 13.9 Å². The second kappa shape index (κ2) is 7.49. The Bertz CT molecular complexity index is 930. The van der Waals surface area contributed by atoms with Crippen LogP contribution >= 0.6 is 11.6 Å². The van der Waals surface area contributed by atoms with Crippen LogP contribution in [0, 0.1) is 5.82 Å². The van der Waals surface area contributed by atoms with Gasteiger partial charge in [-0.05, 0) is 42.3 Å². The molecule has 2 aromatic carbocycles. The van der Waals surface area contributed by atoms with Crippen LogP contribution in [0.4, 0.5) is 4.39 Å². The van der Waals surface area contributed by atoms with Crippen molar-refractivity contribution in [2.75, 3.05) is 13.7 Å². The molecular weight excluding hydrogens is 343 g/mol. The van der Waals surface area contributed by atoms with Crippen LogP contribution < -0.4 is 10.1 Å². The van der Waals surface area contributed by atoms with Crippen molar-refractivity contribution in [2.45, 2.75) is 6.42 Å². The number of ether oxygens (including phenoxy) is 1. The fraction of sp³-hybridized carbons (Fsp3) is 0.158. The number of rotatable bonds is 5. The van der Waals surface area contributed by atoms with Gasteiger partial charge in [-0.25, -0.2) is 9.37 Å². The molecule has 1 heterocycles.